The Morgan fingerprint density at radius 2 is 1.95 bits per heavy atom. The van der Waals surface area contributed by atoms with Gasteiger partial charge in [-0.05, 0) is 62.0 Å². The fourth-order valence-electron chi connectivity index (χ4n) is 4.02. The molecule has 0 atom stereocenters. The lowest BCUT2D eigenvalue weighted by Crippen LogP contribution is -2.37. The first-order valence-corrected chi connectivity index (χ1v) is 8.65. The van der Waals surface area contributed by atoms with Crippen LogP contribution in [-0.2, 0) is 6.42 Å². The zero-order valence-corrected chi connectivity index (χ0v) is 13.2. The van der Waals surface area contributed by atoms with Crippen LogP contribution < -0.4 is 0 Å². The molecule has 4 heteroatoms. The number of piperidine rings is 1. The van der Waals surface area contributed by atoms with E-state index in [9.17, 15) is 4.79 Å². The summed E-state index contributed by atoms with van der Waals surface area (Å²) in [6.07, 6.45) is 10.7. The summed E-state index contributed by atoms with van der Waals surface area (Å²) in [6.45, 7) is 1.38. The normalized spacial score (nSPS) is 20.5. The van der Waals surface area contributed by atoms with Crippen molar-refractivity contribution in [2.75, 3.05) is 13.1 Å². The van der Waals surface area contributed by atoms with Gasteiger partial charge < -0.3 is 10.0 Å². The van der Waals surface area contributed by atoms with Crippen LogP contribution >= 0.6 is 0 Å². The highest BCUT2D eigenvalue weighted by atomic mass is 16.4. The molecule has 2 heterocycles. The second-order valence-corrected chi connectivity index (χ2v) is 6.77. The fraction of sp³-hybridized carbons (Fsp3) is 0.667. The predicted molar refractivity (Wildman–Crippen MR) is 86.1 cm³/mol. The quantitative estimate of drug-likeness (QED) is 0.912. The van der Waals surface area contributed by atoms with Crippen LogP contribution in [0.4, 0.5) is 4.79 Å². The molecule has 1 aliphatic carbocycles. The van der Waals surface area contributed by atoms with Gasteiger partial charge in [-0.15, -0.1) is 0 Å². The van der Waals surface area contributed by atoms with Crippen molar-refractivity contribution in [1.29, 1.82) is 0 Å². The van der Waals surface area contributed by atoms with E-state index in [0.717, 1.165) is 31.6 Å². The summed E-state index contributed by atoms with van der Waals surface area (Å²) in [5.41, 5.74) is 2.76. The highest BCUT2D eigenvalue weighted by Crippen LogP contribution is 2.36. The number of carbonyl (C=O) groups is 1. The average Bonchev–Trinajstić information content (AvgIpc) is 3.08. The third-order valence-corrected chi connectivity index (χ3v) is 5.39. The maximum Gasteiger partial charge on any atom is 0.407 e. The third kappa shape index (κ3) is 3.60. The molecule has 1 aliphatic heterocycles. The Morgan fingerprint density at radius 1 is 1.23 bits per heavy atom. The Kier molecular flexibility index (Phi) is 4.96. The van der Waals surface area contributed by atoms with Crippen LogP contribution in [0, 0.1) is 5.92 Å². The zero-order valence-electron chi connectivity index (χ0n) is 13.2. The van der Waals surface area contributed by atoms with Crippen molar-refractivity contribution in [1.82, 2.24) is 9.88 Å². The minimum absolute atomic E-state index is 0.647. The Morgan fingerprint density at radius 3 is 2.64 bits per heavy atom. The van der Waals surface area contributed by atoms with Crippen molar-refractivity contribution in [2.24, 2.45) is 5.92 Å². The van der Waals surface area contributed by atoms with E-state index in [0.29, 0.717) is 19.0 Å². The molecule has 0 radical (unpaired) electrons. The molecule has 0 bridgehead atoms. The zero-order chi connectivity index (χ0) is 15.4. The lowest BCUT2D eigenvalue weighted by Gasteiger charge is -2.30. The molecule has 2 fully saturated rings. The summed E-state index contributed by atoms with van der Waals surface area (Å²) in [5.74, 6) is 1.37. The highest BCUT2D eigenvalue weighted by molar-refractivity contribution is 5.64. The number of amides is 1. The van der Waals surface area contributed by atoms with Gasteiger partial charge in [-0.2, -0.15) is 0 Å². The van der Waals surface area contributed by atoms with E-state index in [1.165, 1.54) is 36.9 Å². The second kappa shape index (κ2) is 7.12. The first-order valence-electron chi connectivity index (χ1n) is 8.65. The molecule has 1 saturated carbocycles. The molecule has 1 N–H and O–H groups in total. The van der Waals surface area contributed by atoms with Crippen LogP contribution in [0.25, 0.3) is 0 Å². The highest BCUT2D eigenvalue weighted by Gasteiger charge is 2.24. The number of hydrogen-bond acceptors (Lipinski definition) is 2. The molecule has 1 amide bonds. The van der Waals surface area contributed by atoms with Crippen LogP contribution in [0.15, 0.2) is 18.3 Å². The van der Waals surface area contributed by atoms with Gasteiger partial charge in [0.2, 0.25) is 0 Å². The first-order chi connectivity index (χ1) is 10.7. The van der Waals surface area contributed by atoms with Crippen molar-refractivity contribution < 1.29 is 9.90 Å². The number of hydrogen-bond donors (Lipinski definition) is 1. The van der Waals surface area contributed by atoms with E-state index in [2.05, 4.69) is 17.1 Å². The predicted octanol–water partition coefficient (Wildman–Crippen LogP) is 4.06. The smallest absolute Gasteiger partial charge is 0.407 e. The number of nitrogens with zero attached hydrogens (tertiary/aromatic N) is 2. The first kappa shape index (κ1) is 15.3. The molecule has 0 unspecified atom stereocenters. The fourth-order valence-corrected chi connectivity index (χ4v) is 4.02. The van der Waals surface area contributed by atoms with Gasteiger partial charge in [0.25, 0.3) is 0 Å². The molecular formula is C18H26N2O2. The van der Waals surface area contributed by atoms with Gasteiger partial charge in [0, 0.05) is 25.0 Å². The Balaban J connectivity index is 1.55. The van der Waals surface area contributed by atoms with Crippen LogP contribution in [0.3, 0.4) is 0 Å². The Hall–Kier alpha value is -1.58. The summed E-state index contributed by atoms with van der Waals surface area (Å²) in [4.78, 5) is 17.1. The molecule has 0 aromatic carbocycles. The summed E-state index contributed by atoms with van der Waals surface area (Å²) in [6, 6.07) is 4.34. The monoisotopic (exact) mass is 302 g/mol. The van der Waals surface area contributed by atoms with Crippen molar-refractivity contribution in [2.45, 2.75) is 57.3 Å². The maximum atomic E-state index is 10.9. The second-order valence-electron chi connectivity index (χ2n) is 6.77. The minimum Gasteiger partial charge on any atom is -0.465 e. The number of aromatic nitrogens is 1. The number of carboxylic acid groups (broad SMARTS) is 1. The van der Waals surface area contributed by atoms with Gasteiger partial charge in [-0.25, -0.2) is 4.79 Å². The Bertz CT molecular complexity index is 504. The molecule has 22 heavy (non-hydrogen) atoms. The van der Waals surface area contributed by atoms with Gasteiger partial charge in [-0.1, -0.05) is 18.9 Å². The van der Waals surface area contributed by atoms with Gasteiger partial charge in [0.05, 0.1) is 0 Å². The summed E-state index contributed by atoms with van der Waals surface area (Å²) in [7, 11) is 0. The lowest BCUT2D eigenvalue weighted by atomic mass is 9.89. The molecule has 1 aromatic rings. The standard InChI is InChI=1S/C18H26N2O2/c21-18(22)20-12-9-14(10-13-20)7-8-17-16(6-3-11-19-17)15-4-1-2-5-15/h3,6,11,14-15H,1-2,4-5,7-10,12-13H2,(H,21,22). The van der Waals surface area contributed by atoms with Crippen molar-refractivity contribution in [3.05, 3.63) is 29.6 Å². The molecule has 2 aliphatic rings. The summed E-state index contributed by atoms with van der Waals surface area (Å²) in [5, 5.41) is 9.01. The van der Waals surface area contributed by atoms with Crippen LogP contribution in [0.2, 0.25) is 0 Å². The maximum absolute atomic E-state index is 10.9. The molecule has 4 nitrogen and oxygen atoms in total. The van der Waals surface area contributed by atoms with E-state index < -0.39 is 6.09 Å². The third-order valence-electron chi connectivity index (χ3n) is 5.39. The van der Waals surface area contributed by atoms with Gasteiger partial charge in [-0.3, -0.25) is 4.98 Å². The van der Waals surface area contributed by atoms with E-state index in [-0.39, 0.29) is 0 Å². The van der Waals surface area contributed by atoms with E-state index in [1.54, 1.807) is 4.90 Å². The lowest BCUT2D eigenvalue weighted by molar-refractivity contribution is 0.123. The molecule has 120 valence electrons. The van der Waals surface area contributed by atoms with Crippen molar-refractivity contribution in [3.8, 4) is 0 Å². The number of pyridine rings is 1. The van der Waals surface area contributed by atoms with Gasteiger partial charge in [0.15, 0.2) is 0 Å². The Labute approximate surface area is 132 Å². The number of rotatable bonds is 4. The molecule has 3 rings (SSSR count). The largest absolute Gasteiger partial charge is 0.465 e. The van der Waals surface area contributed by atoms with E-state index >= 15 is 0 Å². The van der Waals surface area contributed by atoms with Gasteiger partial charge in [0.1, 0.15) is 0 Å². The van der Waals surface area contributed by atoms with Crippen LogP contribution in [-0.4, -0.2) is 34.2 Å². The van der Waals surface area contributed by atoms with E-state index in [1.807, 2.05) is 6.20 Å². The number of aryl methyl sites for hydroxylation is 1. The SMILES string of the molecule is O=C(O)N1CCC(CCc2ncccc2C2CCCC2)CC1. The minimum atomic E-state index is -0.772. The molecule has 1 saturated heterocycles. The van der Waals surface area contributed by atoms with E-state index in [4.69, 9.17) is 5.11 Å². The van der Waals surface area contributed by atoms with Crippen molar-refractivity contribution >= 4 is 6.09 Å². The number of likely N-dealkylation sites (tertiary alicyclic amines) is 1. The topological polar surface area (TPSA) is 53.4 Å². The molecule has 1 aromatic heterocycles. The summed E-state index contributed by atoms with van der Waals surface area (Å²) >= 11 is 0. The average molecular weight is 302 g/mol. The van der Waals surface area contributed by atoms with Crippen molar-refractivity contribution in [3.63, 3.8) is 0 Å². The molecular weight excluding hydrogens is 276 g/mol. The van der Waals surface area contributed by atoms with Gasteiger partial charge >= 0.3 is 6.09 Å². The van der Waals surface area contributed by atoms with Crippen LogP contribution in [0.5, 0.6) is 0 Å². The van der Waals surface area contributed by atoms with Crippen LogP contribution in [0.1, 0.15) is 62.1 Å². The molecule has 0 spiro atoms. The summed E-state index contributed by atoms with van der Waals surface area (Å²) < 4.78 is 0.